The van der Waals surface area contributed by atoms with Crippen molar-refractivity contribution in [3.8, 4) is 0 Å². The first-order chi connectivity index (χ1) is 12.0. The average molecular weight is 404 g/mol. The molecule has 2 aromatic rings. The number of hydrogen-bond donors (Lipinski definition) is 2. The van der Waals surface area contributed by atoms with E-state index in [1.165, 1.54) is 0 Å². The Kier molecular flexibility index (Phi) is 7.01. The van der Waals surface area contributed by atoms with Gasteiger partial charge in [0.25, 0.3) is 5.91 Å². The van der Waals surface area contributed by atoms with Gasteiger partial charge in [-0.3, -0.25) is 4.79 Å². The minimum atomic E-state index is -0.174. The number of urea groups is 1. The van der Waals surface area contributed by atoms with Gasteiger partial charge in [-0.25, -0.2) is 4.79 Å². The topological polar surface area (TPSA) is 61.4 Å². The van der Waals surface area contributed by atoms with Gasteiger partial charge < -0.3 is 15.5 Å². The second-order valence-electron chi connectivity index (χ2n) is 5.84. The molecule has 0 aliphatic carbocycles. The van der Waals surface area contributed by atoms with Crippen molar-refractivity contribution in [1.29, 1.82) is 0 Å². The van der Waals surface area contributed by atoms with E-state index in [1.54, 1.807) is 24.1 Å². The fourth-order valence-electron chi connectivity index (χ4n) is 2.22. The van der Waals surface area contributed by atoms with Gasteiger partial charge in [-0.05, 0) is 36.8 Å². The maximum absolute atomic E-state index is 12.1. The van der Waals surface area contributed by atoms with Crippen LogP contribution in [0.4, 0.5) is 4.79 Å². The van der Waals surface area contributed by atoms with Crippen LogP contribution in [0, 0.1) is 6.92 Å². The molecular weight excluding hydrogens is 382 g/mol. The molecular formula is C19H22BrN3O2. The number of carbonyl (C=O) groups excluding carboxylic acids is 2. The number of nitrogens with zero attached hydrogens (tertiary/aromatic N) is 1. The third-order valence-electron chi connectivity index (χ3n) is 3.68. The summed E-state index contributed by atoms with van der Waals surface area (Å²) >= 11 is 3.39. The number of carbonyl (C=O) groups is 2. The SMILES string of the molecule is Cc1ccc(C(=O)NCCNC(=O)N(C)Cc2ccc(Br)cc2)cc1. The van der Waals surface area contributed by atoms with Gasteiger partial charge >= 0.3 is 6.03 Å². The van der Waals surface area contributed by atoms with Gasteiger partial charge in [0.2, 0.25) is 0 Å². The molecule has 0 spiro atoms. The highest BCUT2D eigenvalue weighted by molar-refractivity contribution is 9.10. The van der Waals surface area contributed by atoms with Crippen LogP contribution < -0.4 is 10.6 Å². The molecule has 0 fully saturated rings. The number of hydrogen-bond acceptors (Lipinski definition) is 2. The standard InChI is InChI=1S/C19H22BrN3O2/c1-14-3-7-16(8-4-14)18(24)21-11-12-22-19(25)23(2)13-15-5-9-17(20)10-6-15/h3-10H,11-13H2,1-2H3,(H,21,24)(H,22,25). The Morgan fingerprint density at radius 1 is 0.960 bits per heavy atom. The fourth-order valence-corrected chi connectivity index (χ4v) is 2.49. The monoisotopic (exact) mass is 403 g/mol. The second-order valence-corrected chi connectivity index (χ2v) is 6.75. The summed E-state index contributed by atoms with van der Waals surface area (Å²) in [6.07, 6.45) is 0. The van der Waals surface area contributed by atoms with Crippen molar-refractivity contribution in [2.24, 2.45) is 0 Å². The van der Waals surface area contributed by atoms with Crippen LogP contribution in [0.5, 0.6) is 0 Å². The van der Waals surface area contributed by atoms with Crippen molar-refractivity contribution in [1.82, 2.24) is 15.5 Å². The summed E-state index contributed by atoms with van der Waals surface area (Å²) in [4.78, 5) is 25.6. The predicted molar refractivity (Wildman–Crippen MR) is 103 cm³/mol. The highest BCUT2D eigenvalue weighted by atomic mass is 79.9. The fraction of sp³-hybridized carbons (Fsp3) is 0.263. The molecule has 0 heterocycles. The van der Waals surface area contributed by atoms with E-state index in [2.05, 4.69) is 26.6 Å². The molecule has 0 aliphatic rings. The van der Waals surface area contributed by atoms with Gasteiger partial charge in [0, 0.05) is 36.7 Å². The lowest BCUT2D eigenvalue weighted by Gasteiger charge is -2.18. The van der Waals surface area contributed by atoms with Crippen molar-refractivity contribution < 1.29 is 9.59 Å². The van der Waals surface area contributed by atoms with Crippen LogP contribution >= 0.6 is 15.9 Å². The zero-order valence-electron chi connectivity index (χ0n) is 14.4. The van der Waals surface area contributed by atoms with E-state index in [9.17, 15) is 9.59 Å². The third kappa shape index (κ3) is 6.23. The summed E-state index contributed by atoms with van der Waals surface area (Å²) in [7, 11) is 1.74. The molecule has 0 saturated carbocycles. The van der Waals surface area contributed by atoms with E-state index in [1.807, 2.05) is 43.3 Å². The number of nitrogens with one attached hydrogen (secondary N) is 2. The smallest absolute Gasteiger partial charge is 0.317 e. The van der Waals surface area contributed by atoms with Crippen molar-refractivity contribution >= 4 is 27.9 Å². The average Bonchev–Trinajstić information content (AvgIpc) is 2.60. The molecule has 0 radical (unpaired) electrons. The molecule has 2 N–H and O–H groups in total. The molecule has 6 heteroatoms. The van der Waals surface area contributed by atoms with Crippen molar-refractivity contribution in [2.75, 3.05) is 20.1 Å². The lowest BCUT2D eigenvalue weighted by molar-refractivity contribution is 0.0953. The highest BCUT2D eigenvalue weighted by Gasteiger charge is 2.09. The molecule has 0 aromatic heterocycles. The minimum Gasteiger partial charge on any atom is -0.350 e. The van der Waals surface area contributed by atoms with Crippen LogP contribution in [-0.4, -0.2) is 37.0 Å². The molecule has 0 unspecified atom stereocenters. The molecule has 0 bridgehead atoms. The molecule has 2 rings (SSSR count). The van der Waals surface area contributed by atoms with E-state index in [-0.39, 0.29) is 11.9 Å². The van der Waals surface area contributed by atoms with Crippen LogP contribution in [0.1, 0.15) is 21.5 Å². The first-order valence-corrected chi connectivity index (χ1v) is 8.83. The first-order valence-electron chi connectivity index (χ1n) is 8.04. The summed E-state index contributed by atoms with van der Waals surface area (Å²) in [6.45, 7) is 3.25. The van der Waals surface area contributed by atoms with Gasteiger partial charge in [0.05, 0.1) is 0 Å². The van der Waals surface area contributed by atoms with Crippen LogP contribution in [-0.2, 0) is 6.54 Å². The van der Waals surface area contributed by atoms with Gasteiger partial charge in [0.15, 0.2) is 0 Å². The maximum atomic E-state index is 12.1. The molecule has 0 saturated heterocycles. The summed E-state index contributed by atoms with van der Waals surface area (Å²) in [5.41, 5.74) is 2.77. The van der Waals surface area contributed by atoms with E-state index in [0.29, 0.717) is 25.2 Å². The highest BCUT2D eigenvalue weighted by Crippen LogP contribution is 2.11. The van der Waals surface area contributed by atoms with E-state index in [4.69, 9.17) is 0 Å². The molecule has 25 heavy (non-hydrogen) atoms. The Morgan fingerprint density at radius 3 is 2.20 bits per heavy atom. The quantitative estimate of drug-likeness (QED) is 0.726. The Bertz CT molecular complexity index is 714. The lowest BCUT2D eigenvalue weighted by atomic mass is 10.1. The molecule has 132 valence electrons. The predicted octanol–water partition coefficient (Wildman–Crippen LogP) is 3.33. The number of rotatable bonds is 6. The van der Waals surface area contributed by atoms with Crippen LogP contribution in [0.25, 0.3) is 0 Å². The molecule has 0 atom stereocenters. The van der Waals surface area contributed by atoms with Crippen LogP contribution in [0.3, 0.4) is 0 Å². The van der Waals surface area contributed by atoms with Crippen LogP contribution in [0.15, 0.2) is 53.0 Å². The first kappa shape index (κ1) is 19.0. The van der Waals surface area contributed by atoms with Gasteiger partial charge in [0.1, 0.15) is 0 Å². The normalized spacial score (nSPS) is 10.2. The minimum absolute atomic E-state index is 0.141. The Morgan fingerprint density at radius 2 is 1.56 bits per heavy atom. The molecule has 5 nitrogen and oxygen atoms in total. The number of halogens is 1. The van der Waals surface area contributed by atoms with Crippen LogP contribution in [0.2, 0.25) is 0 Å². The van der Waals surface area contributed by atoms with Gasteiger partial charge in [-0.1, -0.05) is 45.8 Å². The summed E-state index contributed by atoms with van der Waals surface area (Å²) < 4.78 is 1.01. The largest absolute Gasteiger partial charge is 0.350 e. The zero-order valence-corrected chi connectivity index (χ0v) is 16.0. The second kappa shape index (κ2) is 9.22. The van der Waals surface area contributed by atoms with Gasteiger partial charge in [-0.15, -0.1) is 0 Å². The summed E-state index contributed by atoms with van der Waals surface area (Å²) in [6, 6.07) is 15.0. The summed E-state index contributed by atoms with van der Waals surface area (Å²) in [5.74, 6) is -0.141. The molecule has 3 amide bonds. The van der Waals surface area contributed by atoms with Gasteiger partial charge in [-0.2, -0.15) is 0 Å². The molecule has 2 aromatic carbocycles. The summed E-state index contributed by atoms with van der Waals surface area (Å²) in [5, 5.41) is 5.58. The Labute approximate surface area is 156 Å². The maximum Gasteiger partial charge on any atom is 0.317 e. The molecule has 0 aliphatic heterocycles. The van der Waals surface area contributed by atoms with Crippen molar-refractivity contribution in [3.63, 3.8) is 0 Å². The Hall–Kier alpha value is -2.34. The lowest BCUT2D eigenvalue weighted by Crippen LogP contribution is -2.41. The van der Waals surface area contributed by atoms with E-state index in [0.717, 1.165) is 15.6 Å². The zero-order chi connectivity index (χ0) is 18.2. The van der Waals surface area contributed by atoms with Crippen molar-refractivity contribution in [2.45, 2.75) is 13.5 Å². The van der Waals surface area contributed by atoms with Crippen molar-refractivity contribution in [3.05, 3.63) is 69.7 Å². The third-order valence-corrected chi connectivity index (χ3v) is 4.21. The number of benzene rings is 2. The van der Waals surface area contributed by atoms with E-state index < -0.39 is 0 Å². The Balaban J connectivity index is 1.69. The number of aryl methyl sites for hydroxylation is 1. The van der Waals surface area contributed by atoms with E-state index >= 15 is 0 Å². The number of amides is 3.